The molecule has 0 rings (SSSR count). The molecule has 0 aliphatic rings. The van der Waals surface area contributed by atoms with Gasteiger partial charge in [-0.3, -0.25) is 0 Å². The van der Waals surface area contributed by atoms with Gasteiger partial charge in [-0.2, -0.15) is 0 Å². The van der Waals surface area contributed by atoms with Gasteiger partial charge in [0.15, 0.2) is 0 Å². The van der Waals surface area contributed by atoms with E-state index in [0.29, 0.717) is 0 Å². The molecule has 1 heteroatoms. The first kappa shape index (κ1) is 15.7. The second-order valence-corrected chi connectivity index (χ2v) is 5.10. The Bertz CT molecular complexity index is 165. The zero-order valence-electron chi connectivity index (χ0n) is 11.8. The highest BCUT2D eigenvalue weighted by molar-refractivity contribution is 4.72. The molecule has 2 atom stereocenters. The van der Waals surface area contributed by atoms with E-state index in [-0.39, 0.29) is 0 Å². The van der Waals surface area contributed by atoms with Gasteiger partial charge < -0.3 is 4.90 Å². The molecule has 0 aromatic carbocycles. The minimum absolute atomic E-state index is 0.770. The Hall–Kier alpha value is -0.300. The van der Waals surface area contributed by atoms with Crippen LogP contribution in [0.3, 0.4) is 0 Å². The number of unbranched alkanes of at least 4 members (excludes halogenated alkanes) is 1. The first-order valence-corrected chi connectivity index (χ1v) is 6.96. The molecule has 0 aliphatic heterocycles. The highest BCUT2D eigenvalue weighted by Crippen LogP contribution is 2.18. The van der Waals surface area contributed by atoms with Crippen molar-refractivity contribution in [2.24, 2.45) is 5.92 Å². The van der Waals surface area contributed by atoms with Gasteiger partial charge in [-0.05, 0) is 45.2 Å². The molecule has 0 aromatic rings. The van der Waals surface area contributed by atoms with E-state index in [2.05, 4.69) is 39.3 Å². The van der Waals surface area contributed by atoms with Crippen LogP contribution in [0.4, 0.5) is 0 Å². The minimum atomic E-state index is 0.770. The molecule has 0 aromatic heterocycles. The lowest BCUT2D eigenvalue weighted by atomic mass is 9.95. The van der Waals surface area contributed by atoms with Crippen LogP contribution >= 0.6 is 0 Å². The second kappa shape index (κ2) is 9.89. The van der Waals surface area contributed by atoms with Crippen LogP contribution in [0.2, 0.25) is 0 Å². The maximum absolute atomic E-state index is 3.78. The van der Waals surface area contributed by atoms with E-state index < -0.39 is 0 Å². The van der Waals surface area contributed by atoms with E-state index in [1.165, 1.54) is 38.6 Å². The lowest BCUT2D eigenvalue weighted by Crippen LogP contribution is -2.33. The maximum Gasteiger partial charge on any atom is 0.00921 e. The van der Waals surface area contributed by atoms with Crippen molar-refractivity contribution in [2.75, 3.05) is 13.6 Å². The van der Waals surface area contributed by atoms with Crippen molar-refractivity contribution in [3.05, 3.63) is 12.7 Å². The van der Waals surface area contributed by atoms with Crippen molar-refractivity contribution in [2.45, 2.75) is 65.3 Å². The summed E-state index contributed by atoms with van der Waals surface area (Å²) in [5.41, 5.74) is 0. The Morgan fingerprint density at radius 2 is 2.00 bits per heavy atom. The van der Waals surface area contributed by atoms with Crippen LogP contribution in [0, 0.1) is 5.92 Å². The van der Waals surface area contributed by atoms with Gasteiger partial charge in [0.05, 0.1) is 0 Å². The van der Waals surface area contributed by atoms with Crippen molar-refractivity contribution in [3.63, 3.8) is 0 Å². The number of allylic oxidation sites excluding steroid dienone is 1. The first-order chi connectivity index (χ1) is 7.65. The van der Waals surface area contributed by atoms with Crippen molar-refractivity contribution in [1.82, 2.24) is 4.90 Å². The summed E-state index contributed by atoms with van der Waals surface area (Å²) in [4.78, 5) is 2.54. The fraction of sp³-hybridized carbons (Fsp3) is 0.867. The third kappa shape index (κ3) is 7.05. The Morgan fingerprint density at radius 1 is 1.31 bits per heavy atom. The van der Waals surface area contributed by atoms with Crippen molar-refractivity contribution in [3.8, 4) is 0 Å². The van der Waals surface area contributed by atoms with E-state index in [1.807, 2.05) is 6.08 Å². The Labute approximate surface area is 103 Å². The molecular weight excluding hydrogens is 194 g/mol. The van der Waals surface area contributed by atoms with Gasteiger partial charge in [-0.15, -0.1) is 6.58 Å². The monoisotopic (exact) mass is 225 g/mol. The Balaban J connectivity index is 3.90. The van der Waals surface area contributed by atoms with Crippen LogP contribution in [-0.2, 0) is 0 Å². The SMILES string of the molecule is C=CCCCN(C)C(CC)CC(C)CCC. The van der Waals surface area contributed by atoms with E-state index in [4.69, 9.17) is 0 Å². The van der Waals surface area contributed by atoms with Crippen molar-refractivity contribution >= 4 is 0 Å². The van der Waals surface area contributed by atoms with Crippen LogP contribution in [0.15, 0.2) is 12.7 Å². The molecular formula is C15H31N. The van der Waals surface area contributed by atoms with E-state index in [9.17, 15) is 0 Å². The molecule has 0 spiro atoms. The molecule has 0 bridgehead atoms. The molecule has 0 fully saturated rings. The number of nitrogens with zero attached hydrogens (tertiary/aromatic N) is 1. The lowest BCUT2D eigenvalue weighted by Gasteiger charge is -2.29. The summed E-state index contributed by atoms with van der Waals surface area (Å²) in [7, 11) is 2.27. The minimum Gasteiger partial charge on any atom is -0.303 e. The van der Waals surface area contributed by atoms with Crippen LogP contribution in [0.1, 0.15) is 59.3 Å². The van der Waals surface area contributed by atoms with Crippen molar-refractivity contribution in [1.29, 1.82) is 0 Å². The number of rotatable bonds is 10. The fourth-order valence-corrected chi connectivity index (χ4v) is 2.40. The molecule has 96 valence electrons. The Morgan fingerprint density at radius 3 is 2.50 bits per heavy atom. The normalized spacial score (nSPS) is 15.1. The first-order valence-electron chi connectivity index (χ1n) is 6.96. The molecule has 0 heterocycles. The summed E-state index contributed by atoms with van der Waals surface area (Å²) in [5.74, 6) is 0.872. The summed E-state index contributed by atoms with van der Waals surface area (Å²) in [5, 5.41) is 0. The van der Waals surface area contributed by atoms with E-state index in [1.54, 1.807) is 0 Å². The predicted octanol–water partition coefficient (Wildman–Crippen LogP) is 4.49. The largest absolute Gasteiger partial charge is 0.303 e. The Kier molecular flexibility index (Phi) is 9.71. The van der Waals surface area contributed by atoms with E-state index >= 15 is 0 Å². The smallest absolute Gasteiger partial charge is 0.00921 e. The molecule has 2 unspecified atom stereocenters. The van der Waals surface area contributed by atoms with Crippen LogP contribution in [0.25, 0.3) is 0 Å². The van der Waals surface area contributed by atoms with Gasteiger partial charge >= 0.3 is 0 Å². The highest BCUT2D eigenvalue weighted by Gasteiger charge is 2.15. The molecule has 0 saturated carbocycles. The van der Waals surface area contributed by atoms with Gasteiger partial charge in [0.25, 0.3) is 0 Å². The van der Waals surface area contributed by atoms with Gasteiger partial charge in [0.1, 0.15) is 0 Å². The molecule has 0 N–H and O–H groups in total. The summed E-state index contributed by atoms with van der Waals surface area (Å²) in [6, 6.07) is 0.770. The van der Waals surface area contributed by atoms with Gasteiger partial charge in [0, 0.05) is 6.04 Å². The number of hydrogen-bond donors (Lipinski definition) is 0. The lowest BCUT2D eigenvalue weighted by molar-refractivity contribution is 0.198. The zero-order chi connectivity index (χ0) is 12.4. The standard InChI is InChI=1S/C15H31N/c1-6-9-10-12-16(5)15(8-3)13-14(4)11-7-2/h6,14-15H,1,7-13H2,2-5H3. The summed E-state index contributed by atoms with van der Waals surface area (Å²) in [6.45, 7) is 12.0. The predicted molar refractivity (Wildman–Crippen MR) is 74.8 cm³/mol. The van der Waals surface area contributed by atoms with Gasteiger partial charge in [0.2, 0.25) is 0 Å². The average molecular weight is 225 g/mol. The van der Waals surface area contributed by atoms with Crippen LogP contribution < -0.4 is 0 Å². The van der Waals surface area contributed by atoms with Gasteiger partial charge in [-0.1, -0.05) is 39.7 Å². The van der Waals surface area contributed by atoms with Gasteiger partial charge in [-0.25, -0.2) is 0 Å². The summed E-state index contributed by atoms with van der Waals surface area (Å²) in [6.07, 6.45) is 9.74. The fourth-order valence-electron chi connectivity index (χ4n) is 2.40. The van der Waals surface area contributed by atoms with Crippen molar-refractivity contribution < 1.29 is 0 Å². The highest BCUT2D eigenvalue weighted by atomic mass is 15.1. The third-order valence-electron chi connectivity index (χ3n) is 3.47. The maximum atomic E-state index is 3.78. The van der Waals surface area contributed by atoms with E-state index in [0.717, 1.165) is 18.4 Å². The molecule has 0 amide bonds. The van der Waals surface area contributed by atoms with Crippen LogP contribution in [-0.4, -0.2) is 24.5 Å². The summed E-state index contributed by atoms with van der Waals surface area (Å²) >= 11 is 0. The molecule has 0 aliphatic carbocycles. The molecule has 0 radical (unpaired) electrons. The zero-order valence-corrected chi connectivity index (χ0v) is 11.8. The molecule has 1 nitrogen and oxygen atoms in total. The molecule has 0 saturated heterocycles. The third-order valence-corrected chi connectivity index (χ3v) is 3.47. The quantitative estimate of drug-likeness (QED) is 0.391. The second-order valence-electron chi connectivity index (χ2n) is 5.10. The topological polar surface area (TPSA) is 3.24 Å². The van der Waals surface area contributed by atoms with Crippen LogP contribution in [0.5, 0.6) is 0 Å². The number of hydrogen-bond acceptors (Lipinski definition) is 1. The average Bonchev–Trinajstić information content (AvgIpc) is 2.26. The summed E-state index contributed by atoms with van der Waals surface area (Å²) < 4.78 is 0. The molecule has 16 heavy (non-hydrogen) atoms.